The molecule has 21 heavy (non-hydrogen) atoms. The third kappa shape index (κ3) is 10.9. The van der Waals surface area contributed by atoms with Gasteiger partial charge in [-0.05, 0) is 24.3 Å². The zero-order valence-corrected chi connectivity index (χ0v) is 15.0. The molecule has 0 aliphatic carbocycles. The lowest BCUT2D eigenvalue weighted by Gasteiger charge is -2.27. The van der Waals surface area contributed by atoms with E-state index < -0.39 is 6.10 Å². The van der Waals surface area contributed by atoms with E-state index in [9.17, 15) is 14.7 Å². The van der Waals surface area contributed by atoms with Crippen LogP contribution in [0.3, 0.4) is 0 Å². The van der Waals surface area contributed by atoms with Crippen LogP contribution >= 0.6 is 23.5 Å². The minimum Gasteiger partial charge on any atom is -0.391 e. The summed E-state index contributed by atoms with van der Waals surface area (Å²) < 4.78 is 0.289. The van der Waals surface area contributed by atoms with E-state index in [0.717, 1.165) is 11.5 Å². The van der Waals surface area contributed by atoms with E-state index in [1.165, 1.54) is 13.8 Å². The standard InChI is InChI=1S/C14H28N2O3S2/c1-5-20-14(21-6-2)13(16-11(4)18)8-7-12(19)9-15-10(3)17/h12-14,19H,5-9H2,1-4H3,(H,15,17)(H,16,18)/t12-,13-/m1/s1. The Bertz CT molecular complexity index is 311. The van der Waals surface area contributed by atoms with E-state index in [0.29, 0.717) is 12.8 Å². The average Bonchev–Trinajstić information content (AvgIpc) is 2.40. The highest BCUT2D eigenvalue weighted by molar-refractivity contribution is 8.17. The van der Waals surface area contributed by atoms with Crippen molar-refractivity contribution in [1.29, 1.82) is 0 Å². The fourth-order valence-corrected chi connectivity index (χ4v) is 4.61. The number of amides is 2. The lowest BCUT2D eigenvalue weighted by atomic mass is 10.1. The Balaban J connectivity index is 4.45. The Morgan fingerprint density at radius 2 is 1.62 bits per heavy atom. The van der Waals surface area contributed by atoms with Crippen LogP contribution in [0.4, 0.5) is 0 Å². The molecule has 2 atom stereocenters. The van der Waals surface area contributed by atoms with Crippen LogP contribution in [0.15, 0.2) is 0 Å². The van der Waals surface area contributed by atoms with E-state index >= 15 is 0 Å². The second-order valence-corrected chi connectivity index (χ2v) is 7.89. The quantitative estimate of drug-likeness (QED) is 0.500. The lowest BCUT2D eigenvalue weighted by Crippen LogP contribution is -2.41. The number of rotatable bonds is 11. The van der Waals surface area contributed by atoms with Gasteiger partial charge in [0.2, 0.25) is 11.8 Å². The minimum atomic E-state index is -0.580. The van der Waals surface area contributed by atoms with Crippen LogP contribution in [0.5, 0.6) is 0 Å². The fourth-order valence-electron chi connectivity index (χ4n) is 1.88. The van der Waals surface area contributed by atoms with Crippen molar-refractivity contribution in [3.63, 3.8) is 0 Å². The van der Waals surface area contributed by atoms with Gasteiger partial charge in [-0.2, -0.15) is 0 Å². The molecule has 0 spiro atoms. The van der Waals surface area contributed by atoms with E-state index in [1.54, 1.807) is 0 Å². The summed E-state index contributed by atoms with van der Waals surface area (Å²) in [6.45, 7) is 7.41. The molecule has 0 aliphatic rings. The Hall–Kier alpha value is -0.400. The molecule has 0 heterocycles. The summed E-state index contributed by atoms with van der Waals surface area (Å²) in [7, 11) is 0. The Morgan fingerprint density at radius 3 is 2.05 bits per heavy atom. The van der Waals surface area contributed by atoms with E-state index in [4.69, 9.17) is 0 Å². The predicted molar refractivity (Wildman–Crippen MR) is 91.6 cm³/mol. The summed E-state index contributed by atoms with van der Waals surface area (Å²) in [6, 6.07) is 0.0318. The second kappa shape index (κ2) is 12.2. The number of hydrogen-bond donors (Lipinski definition) is 3. The normalized spacial score (nSPS) is 13.8. The molecule has 5 nitrogen and oxygen atoms in total. The van der Waals surface area contributed by atoms with Gasteiger partial charge in [0.15, 0.2) is 0 Å². The first-order valence-electron chi connectivity index (χ1n) is 7.33. The second-order valence-electron chi connectivity index (χ2n) is 4.75. The van der Waals surface area contributed by atoms with Gasteiger partial charge in [-0.3, -0.25) is 9.59 Å². The van der Waals surface area contributed by atoms with Crippen molar-refractivity contribution >= 4 is 35.3 Å². The summed E-state index contributed by atoms with van der Waals surface area (Å²) in [4.78, 5) is 22.2. The number of hydrogen-bond acceptors (Lipinski definition) is 5. The fraction of sp³-hybridized carbons (Fsp3) is 0.857. The van der Waals surface area contributed by atoms with Crippen molar-refractivity contribution in [2.45, 2.75) is 57.3 Å². The molecule has 0 saturated heterocycles. The molecule has 0 aliphatic heterocycles. The number of carbonyl (C=O) groups is 2. The summed E-state index contributed by atoms with van der Waals surface area (Å²) in [6.07, 6.45) is 0.672. The molecule has 0 rings (SSSR count). The monoisotopic (exact) mass is 336 g/mol. The minimum absolute atomic E-state index is 0.0318. The molecule has 7 heteroatoms. The first-order chi connectivity index (χ1) is 9.90. The van der Waals surface area contributed by atoms with Crippen LogP contribution < -0.4 is 10.6 Å². The highest BCUT2D eigenvalue weighted by Crippen LogP contribution is 2.29. The van der Waals surface area contributed by atoms with Gasteiger partial charge in [0.25, 0.3) is 0 Å². The van der Waals surface area contributed by atoms with Gasteiger partial charge in [-0.25, -0.2) is 0 Å². The van der Waals surface area contributed by atoms with Crippen LogP contribution in [-0.2, 0) is 9.59 Å². The third-order valence-electron chi connectivity index (χ3n) is 2.78. The number of thioether (sulfide) groups is 2. The van der Waals surface area contributed by atoms with Crippen LogP contribution in [0.25, 0.3) is 0 Å². The SMILES string of the molecule is CCSC(SCC)[C@@H](CC[C@@H](O)CNC(C)=O)NC(C)=O. The van der Waals surface area contributed by atoms with Crippen LogP contribution in [0, 0.1) is 0 Å². The van der Waals surface area contributed by atoms with Crippen LogP contribution in [-0.4, -0.2) is 51.7 Å². The molecule has 0 aromatic carbocycles. The molecule has 124 valence electrons. The summed E-state index contributed by atoms with van der Waals surface area (Å²) in [5.41, 5.74) is 0. The first kappa shape index (κ1) is 20.6. The zero-order chi connectivity index (χ0) is 16.3. The molecular formula is C14H28N2O3S2. The van der Waals surface area contributed by atoms with Crippen LogP contribution in [0.1, 0.15) is 40.5 Å². The maximum absolute atomic E-state index is 11.4. The Labute approximate surface area is 136 Å². The van der Waals surface area contributed by atoms with Gasteiger partial charge in [-0.15, -0.1) is 23.5 Å². The molecule has 0 saturated carbocycles. The van der Waals surface area contributed by atoms with Gasteiger partial charge in [-0.1, -0.05) is 13.8 Å². The number of aliphatic hydroxyl groups excluding tert-OH is 1. The topological polar surface area (TPSA) is 78.4 Å². The molecular weight excluding hydrogens is 308 g/mol. The molecule has 0 fully saturated rings. The number of nitrogens with one attached hydrogen (secondary N) is 2. The molecule has 3 N–H and O–H groups in total. The van der Waals surface area contributed by atoms with E-state index in [-0.39, 0.29) is 29.0 Å². The van der Waals surface area contributed by atoms with Crippen molar-refractivity contribution in [3.8, 4) is 0 Å². The third-order valence-corrected chi connectivity index (χ3v) is 5.57. The summed E-state index contributed by atoms with van der Waals surface area (Å²) in [5.74, 6) is 1.79. The van der Waals surface area contributed by atoms with Gasteiger partial charge in [0.1, 0.15) is 0 Å². The largest absolute Gasteiger partial charge is 0.391 e. The van der Waals surface area contributed by atoms with E-state index in [2.05, 4.69) is 24.5 Å². The van der Waals surface area contributed by atoms with Gasteiger partial charge < -0.3 is 15.7 Å². The Kier molecular flexibility index (Phi) is 11.9. The molecule has 0 aromatic heterocycles. The van der Waals surface area contributed by atoms with Crippen molar-refractivity contribution < 1.29 is 14.7 Å². The van der Waals surface area contributed by atoms with Crippen molar-refractivity contribution in [1.82, 2.24) is 10.6 Å². The molecule has 0 radical (unpaired) electrons. The number of aliphatic hydroxyl groups is 1. The van der Waals surface area contributed by atoms with Crippen molar-refractivity contribution in [2.75, 3.05) is 18.1 Å². The average molecular weight is 337 g/mol. The number of carbonyl (C=O) groups excluding carboxylic acids is 2. The highest BCUT2D eigenvalue weighted by Gasteiger charge is 2.23. The molecule has 0 bridgehead atoms. The summed E-state index contributed by atoms with van der Waals surface area (Å²) >= 11 is 3.64. The van der Waals surface area contributed by atoms with Crippen molar-refractivity contribution in [2.24, 2.45) is 0 Å². The van der Waals surface area contributed by atoms with Crippen LogP contribution in [0.2, 0.25) is 0 Å². The van der Waals surface area contributed by atoms with Gasteiger partial charge >= 0.3 is 0 Å². The summed E-state index contributed by atoms with van der Waals surface area (Å²) in [5, 5.41) is 15.5. The van der Waals surface area contributed by atoms with Gasteiger partial charge in [0.05, 0.1) is 10.7 Å². The highest BCUT2D eigenvalue weighted by atomic mass is 32.2. The maximum Gasteiger partial charge on any atom is 0.217 e. The molecule has 2 amide bonds. The predicted octanol–water partition coefficient (Wildman–Crippen LogP) is 1.60. The first-order valence-corrected chi connectivity index (χ1v) is 9.43. The maximum atomic E-state index is 11.4. The van der Waals surface area contributed by atoms with Crippen molar-refractivity contribution in [3.05, 3.63) is 0 Å². The lowest BCUT2D eigenvalue weighted by molar-refractivity contribution is -0.120. The molecule has 0 aromatic rings. The molecule has 0 unspecified atom stereocenters. The van der Waals surface area contributed by atoms with E-state index in [1.807, 2.05) is 23.5 Å². The Morgan fingerprint density at radius 1 is 1.05 bits per heavy atom. The zero-order valence-electron chi connectivity index (χ0n) is 13.3. The smallest absolute Gasteiger partial charge is 0.217 e. The van der Waals surface area contributed by atoms with Gasteiger partial charge in [0, 0.05) is 26.4 Å².